The lowest BCUT2D eigenvalue weighted by Crippen LogP contribution is -2.36. The zero-order valence-corrected chi connectivity index (χ0v) is 31.9. The Kier molecular flexibility index (Phi) is 12.5. The van der Waals surface area contributed by atoms with Gasteiger partial charge in [-0.25, -0.2) is 8.78 Å². The number of rotatable bonds is 9. The van der Waals surface area contributed by atoms with E-state index < -0.39 is 10.7 Å². The van der Waals surface area contributed by atoms with E-state index >= 15 is 0 Å². The summed E-state index contributed by atoms with van der Waals surface area (Å²) in [6, 6.07) is 52.2. The first-order valence-electron chi connectivity index (χ1n) is 19.8. The molecule has 8 rings (SSSR count). The van der Waals surface area contributed by atoms with Gasteiger partial charge in [-0.05, 0) is 90.5 Å². The number of nitrogens with zero attached hydrogens (tertiary/aromatic N) is 3. The number of piperidine rings is 2. The third kappa shape index (κ3) is 9.16. The van der Waals surface area contributed by atoms with Crippen molar-refractivity contribution in [2.24, 2.45) is 11.8 Å². The van der Waals surface area contributed by atoms with Crippen LogP contribution in [0.2, 0.25) is 0 Å². The van der Waals surface area contributed by atoms with Gasteiger partial charge >= 0.3 is 0 Å². The first kappa shape index (κ1) is 38.5. The first-order valence-corrected chi connectivity index (χ1v) is 19.8. The number of hydrogen-bond acceptors (Lipinski definition) is 4. The van der Waals surface area contributed by atoms with Crippen LogP contribution in [0.4, 0.5) is 25.8 Å². The summed E-state index contributed by atoms with van der Waals surface area (Å²) in [6.07, 6.45) is 4.01. The van der Waals surface area contributed by atoms with Gasteiger partial charge in [-0.1, -0.05) is 127 Å². The van der Waals surface area contributed by atoms with Crippen molar-refractivity contribution in [3.05, 3.63) is 207 Å². The van der Waals surface area contributed by atoms with Crippen molar-refractivity contribution < 1.29 is 13.7 Å². The SMILES string of the molecule is Cc1ccc(N2CCC(C(c3ccccc3)c3ccccc3)CC2)c(F)c1.O=[N+]([O-])c1ccc(N2CCC(C(c3ccccc3)c3ccccc3)CC2)c(F)c1. The van der Waals surface area contributed by atoms with Crippen LogP contribution in [-0.4, -0.2) is 31.1 Å². The molecule has 2 saturated heterocycles. The summed E-state index contributed by atoms with van der Waals surface area (Å²) >= 11 is 0. The Morgan fingerprint density at radius 3 is 1.18 bits per heavy atom. The Labute approximate surface area is 329 Å². The van der Waals surface area contributed by atoms with E-state index in [9.17, 15) is 18.9 Å². The van der Waals surface area contributed by atoms with Gasteiger partial charge in [-0.2, -0.15) is 0 Å². The molecule has 0 saturated carbocycles. The average Bonchev–Trinajstić information content (AvgIpc) is 3.24. The van der Waals surface area contributed by atoms with E-state index in [4.69, 9.17) is 0 Å². The summed E-state index contributed by atoms with van der Waals surface area (Å²) in [4.78, 5) is 14.5. The van der Waals surface area contributed by atoms with Crippen LogP contribution in [-0.2, 0) is 0 Å². The maximum atomic E-state index is 14.4. The Hall–Kier alpha value is -5.82. The molecule has 0 unspecified atom stereocenters. The standard InChI is InChI=1S/C25H26FN.C24H23FN2O2/c1-19-12-13-24(23(26)18-19)27-16-14-22(15-17-27)25(20-8-4-2-5-9-20)21-10-6-3-7-11-21;25-22-17-21(27(28)29)11-12-23(22)26-15-13-20(14-16-26)24(18-7-3-1-4-8-18)19-9-5-2-6-10-19/h2-13,18,22,25H,14-17H2,1H3;1-12,17,20,24H,13-16H2. The van der Waals surface area contributed by atoms with Crippen LogP contribution < -0.4 is 9.80 Å². The number of aryl methyl sites for hydroxylation is 1. The van der Waals surface area contributed by atoms with E-state index in [0.29, 0.717) is 29.4 Å². The van der Waals surface area contributed by atoms with Crippen LogP contribution in [0.5, 0.6) is 0 Å². The molecular formula is C49H49F2N3O2. The smallest absolute Gasteiger partial charge is 0.272 e. The number of benzene rings is 6. The highest BCUT2D eigenvalue weighted by atomic mass is 19.1. The van der Waals surface area contributed by atoms with Crippen molar-refractivity contribution in [2.45, 2.75) is 44.4 Å². The van der Waals surface area contributed by atoms with Crippen molar-refractivity contribution in [1.82, 2.24) is 0 Å². The summed E-state index contributed by atoms with van der Waals surface area (Å²) in [7, 11) is 0. The van der Waals surface area contributed by atoms with Crippen molar-refractivity contribution in [2.75, 3.05) is 36.0 Å². The molecule has 2 aliphatic rings. The highest BCUT2D eigenvalue weighted by molar-refractivity contribution is 5.53. The molecule has 0 atom stereocenters. The molecule has 0 N–H and O–H groups in total. The van der Waals surface area contributed by atoms with Gasteiger partial charge in [0.05, 0.1) is 22.4 Å². The van der Waals surface area contributed by atoms with Crippen molar-refractivity contribution in [3.63, 3.8) is 0 Å². The fourth-order valence-corrected chi connectivity index (χ4v) is 8.80. The summed E-state index contributed by atoms with van der Waals surface area (Å²) < 4.78 is 28.8. The van der Waals surface area contributed by atoms with E-state index in [-0.39, 0.29) is 11.5 Å². The lowest BCUT2D eigenvalue weighted by molar-refractivity contribution is -0.385. The van der Waals surface area contributed by atoms with Crippen LogP contribution in [0.3, 0.4) is 0 Å². The summed E-state index contributed by atoms with van der Waals surface area (Å²) in [6.45, 7) is 5.20. The molecule has 2 aliphatic heterocycles. The molecule has 2 heterocycles. The highest BCUT2D eigenvalue weighted by Crippen LogP contribution is 2.41. The number of halogens is 2. The lowest BCUT2D eigenvalue weighted by Gasteiger charge is -2.38. The van der Waals surface area contributed by atoms with Gasteiger partial charge in [-0.15, -0.1) is 0 Å². The molecule has 0 radical (unpaired) electrons. The molecule has 6 aromatic carbocycles. The van der Waals surface area contributed by atoms with Crippen LogP contribution >= 0.6 is 0 Å². The molecule has 0 aliphatic carbocycles. The zero-order chi connectivity index (χ0) is 38.9. The van der Waals surface area contributed by atoms with E-state index in [1.54, 1.807) is 6.07 Å². The van der Waals surface area contributed by atoms with Gasteiger partial charge in [0.25, 0.3) is 5.69 Å². The number of nitro groups is 1. The minimum absolute atomic E-state index is 0.101. The Morgan fingerprint density at radius 2 is 0.857 bits per heavy atom. The third-order valence-corrected chi connectivity index (χ3v) is 11.6. The minimum Gasteiger partial charge on any atom is -0.369 e. The fraction of sp³-hybridized carbons (Fsp3) is 0.265. The number of anilines is 2. The molecule has 56 heavy (non-hydrogen) atoms. The molecular weight excluding hydrogens is 701 g/mol. The largest absolute Gasteiger partial charge is 0.369 e. The molecule has 0 bridgehead atoms. The van der Waals surface area contributed by atoms with E-state index in [1.165, 1.54) is 34.4 Å². The van der Waals surface area contributed by atoms with Crippen LogP contribution in [0.15, 0.2) is 158 Å². The van der Waals surface area contributed by atoms with E-state index in [0.717, 1.165) is 69.2 Å². The topological polar surface area (TPSA) is 49.6 Å². The van der Waals surface area contributed by atoms with Crippen molar-refractivity contribution >= 4 is 17.1 Å². The summed E-state index contributed by atoms with van der Waals surface area (Å²) in [5.74, 6) is 1.10. The fourth-order valence-electron chi connectivity index (χ4n) is 8.80. The van der Waals surface area contributed by atoms with Gasteiger partial charge in [0, 0.05) is 44.1 Å². The third-order valence-electron chi connectivity index (χ3n) is 11.6. The lowest BCUT2D eigenvalue weighted by atomic mass is 9.76. The quantitative estimate of drug-likeness (QED) is 0.109. The molecule has 5 nitrogen and oxygen atoms in total. The molecule has 0 aromatic heterocycles. The second-order valence-electron chi connectivity index (χ2n) is 15.1. The Balaban J connectivity index is 0.000000172. The maximum Gasteiger partial charge on any atom is 0.272 e. The maximum absolute atomic E-state index is 14.4. The Bertz CT molecular complexity index is 2070. The highest BCUT2D eigenvalue weighted by Gasteiger charge is 2.31. The summed E-state index contributed by atoms with van der Waals surface area (Å²) in [5.41, 5.74) is 7.32. The molecule has 0 spiro atoms. The van der Waals surface area contributed by atoms with E-state index in [1.807, 2.05) is 36.1 Å². The Morgan fingerprint density at radius 1 is 0.518 bits per heavy atom. The normalized spacial score (nSPS) is 15.1. The molecule has 0 amide bonds. The van der Waals surface area contributed by atoms with Crippen molar-refractivity contribution in [3.8, 4) is 0 Å². The number of hydrogen-bond donors (Lipinski definition) is 0. The van der Waals surface area contributed by atoms with Gasteiger partial charge < -0.3 is 9.80 Å². The van der Waals surface area contributed by atoms with Gasteiger partial charge in [-0.3, -0.25) is 10.1 Å². The second-order valence-corrected chi connectivity index (χ2v) is 15.1. The first-order chi connectivity index (χ1) is 27.4. The summed E-state index contributed by atoms with van der Waals surface area (Å²) in [5, 5.41) is 10.9. The molecule has 7 heteroatoms. The number of non-ortho nitro benzene ring substituents is 1. The van der Waals surface area contributed by atoms with Crippen LogP contribution in [0.25, 0.3) is 0 Å². The average molecular weight is 750 g/mol. The zero-order valence-electron chi connectivity index (χ0n) is 31.9. The monoisotopic (exact) mass is 749 g/mol. The van der Waals surface area contributed by atoms with E-state index in [2.05, 4.69) is 114 Å². The van der Waals surface area contributed by atoms with Crippen molar-refractivity contribution in [1.29, 1.82) is 0 Å². The molecule has 286 valence electrons. The molecule has 6 aromatic rings. The minimum atomic E-state index is -0.566. The second kappa shape index (κ2) is 18.2. The molecule has 2 fully saturated rings. The number of nitro benzene ring substituents is 1. The van der Waals surface area contributed by atoms with Crippen LogP contribution in [0.1, 0.15) is 65.3 Å². The van der Waals surface area contributed by atoms with Gasteiger partial charge in [0.1, 0.15) is 5.82 Å². The van der Waals surface area contributed by atoms with Gasteiger partial charge in [0.2, 0.25) is 0 Å². The van der Waals surface area contributed by atoms with Gasteiger partial charge in [0.15, 0.2) is 5.82 Å². The van der Waals surface area contributed by atoms with Crippen LogP contribution in [0, 0.1) is 40.5 Å². The predicted octanol–water partition coefficient (Wildman–Crippen LogP) is 12.0. The predicted molar refractivity (Wildman–Crippen MR) is 224 cm³/mol.